The number of hydrogen-bond acceptors (Lipinski definition) is 5. The van der Waals surface area contributed by atoms with Crippen molar-refractivity contribution >= 4 is 27.3 Å². The number of morpholine rings is 1. The van der Waals surface area contributed by atoms with Crippen LogP contribution in [-0.4, -0.2) is 57.3 Å². The molecule has 1 N–H and O–H groups in total. The number of amides is 1. The Morgan fingerprint density at radius 3 is 2.59 bits per heavy atom. The minimum absolute atomic E-state index is 0.0225. The zero-order chi connectivity index (χ0) is 16.3. The fourth-order valence-electron chi connectivity index (χ4n) is 2.49. The van der Waals surface area contributed by atoms with Gasteiger partial charge in [-0.05, 0) is 32.4 Å². The summed E-state index contributed by atoms with van der Waals surface area (Å²) in [6, 6.07) is 3.70. The maximum absolute atomic E-state index is 12.5. The van der Waals surface area contributed by atoms with Gasteiger partial charge in [0.05, 0.1) is 23.3 Å². The molecule has 0 spiro atoms. The summed E-state index contributed by atoms with van der Waals surface area (Å²) in [7, 11) is -3.17. The first-order chi connectivity index (χ1) is 10.2. The molecule has 0 saturated carbocycles. The van der Waals surface area contributed by atoms with E-state index >= 15 is 0 Å². The molecule has 0 unspecified atom stereocenters. The smallest absolute Gasteiger partial charge is 0.264 e. The molecule has 2 rings (SSSR count). The van der Waals surface area contributed by atoms with E-state index in [-0.39, 0.29) is 18.1 Å². The van der Waals surface area contributed by atoms with Gasteiger partial charge >= 0.3 is 0 Å². The summed E-state index contributed by atoms with van der Waals surface area (Å²) in [6.07, 6.45) is 1.81. The molecule has 1 aliphatic heterocycles. The van der Waals surface area contributed by atoms with Crippen LogP contribution >= 0.6 is 11.3 Å². The molecule has 2 heterocycles. The topological polar surface area (TPSA) is 75.7 Å². The monoisotopic (exact) mass is 346 g/mol. The van der Waals surface area contributed by atoms with Gasteiger partial charge in [-0.25, -0.2) is 13.1 Å². The van der Waals surface area contributed by atoms with Crippen LogP contribution in [0.3, 0.4) is 0 Å². The van der Waals surface area contributed by atoms with Crippen LogP contribution in [0.5, 0.6) is 0 Å². The molecule has 8 heteroatoms. The quantitative estimate of drug-likeness (QED) is 0.866. The standard InChI is InChI=1S/C14H22N2O4S2/c1-10-8-16(9-11(2)20-10)14(17)13-5-4-12(21-13)6-7-15-22(3,18)19/h4-5,10-11,15H,6-9H2,1-3H3/t10-,11-/m0/s1. The zero-order valence-electron chi connectivity index (χ0n) is 13.0. The Morgan fingerprint density at radius 2 is 2.00 bits per heavy atom. The average molecular weight is 346 g/mol. The predicted molar refractivity (Wildman–Crippen MR) is 86.8 cm³/mol. The van der Waals surface area contributed by atoms with Crippen molar-refractivity contribution < 1.29 is 17.9 Å². The van der Waals surface area contributed by atoms with E-state index in [1.807, 2.05) is 30.9 Å². The Kier molecular flexibility index (Phi) is 5.60. The molecule has 2 atom stereocenters. The second kappa shape index (κ2) is 7.08. The number of carbonyl (C=O) groups excluding carboxylic acids is 1. The van der Waals surface area contributed by atoms with Gasteiger partial charge in [0.2, 0.25) is 10.0 Å². The van der Waals surface area contributed by atoms with Crippen LogP contribution in [0.2, 0.25) is 0 Å². The third-order valence-electron chi connectivity index (χ3n) is 3.31. The first kappa shape index (κ1) is 17.4. The van der Waals surface area contributed by atoms with E-state index in [9.17, 15) is 13.2 Å². The van der Waals surface area contributed by atoms with E-state index in [0.29, 0.717) is 30.9 Å². The van der Waals surface area contributed by atoms with Gasteiger partial charge in [0, 0.05) is 24.5 Å². The van der Waals surface area contributed by atoms with Crippen molar-refractivity contribution in [1.82, 2.24) is 9.62 Å². The highest BCUT2D eigenvalue weighted by Gasteiger charge is 2.27. The highest BCUT2D eigenvalue weighted by molar-refractivity contribution is 7.88. The molecular formula is C14H22N2O4S2. The lowest BCUT2D eigenvalue weighted by molar-refractivity contribution is -0.0585. The number of nitrogens with zero attached hydrogens (tertiary/aromatic N) is 1. The second-order valence-electron chi connectivity index (χ2n) is 5.65. The van der Waals surface area contributed by atoms with Gasteiger partial charge in [-0.15, -0.1) is 11.3 Å². The first-order valence-corrected chi connectivity index (χ1v) is 9.93. The maximum Gasteiger partial charge on any atom is 0.264 e. The molecule has 1 aliphatic rings. The molecule has 0 aromatic carbocycles. The van der Waals surface area contributed by atoms with E-state index in [4.69, 9.17) is 4.74 Å². The molecule has 1 saturated heterocycles. The Balaban J connectivity index is 1.94. The number of nitrogens with one attached hydrogen (secondary N) is 1. The third-order valence-corrected chi connectivity index (χ3v) is 5.18. The molecule has 0 radical (unpaired) electrons. The Morgan fingerprint density at radius 1 is 1.36 bits per heavy atom. The first-order valence-electron chi connectivity index (χ1n) is 7.22. The van der Waals surface area contributed by atoms with Crippen LogP contribution in [-0.2, 0) is 21.2 Å². The second-order valence-corrected chi connectivity index (χ2v) is 8.65. The van der Waals surface area contributed by atoms with Crippen LogP contribution in [0.4, 0.5) is 0 Å². The van der Waals surface area contributed by atoms with Crippen LogP contribution in [0.15, 0.2) is 12.1 Å². The van der Waals surface area contributed by atoms with Crippen molar-refractivity contribution in [3.63, 3.8) is 0 Å². The minimum Gasteiger partial charge on any atom is -0.372 e. The lowest BCUT2D eigenvalue weighted by Gasteiger charge is -2.35. The van der Waals surface area contributed by atoms with Crippen molar-refractivity contribution in [1.29, 1.82) is 0 Å². The third kappa shape index (κ3) is 5.05. The SMILES string of the molecule is C[C@H]1CN(C(=O)c2ccc(CCNS(C)(=O)=O)s2)C[C@H](C)O1. The van der Waals surface area contributed by atoms with E-state index in [2.05, 4.69) is 4.72 Å². The van der Waals surface area contributed by atoms with Gasteiger partial charge in [-0.2, -0.15) is 0 Å². The number of rotatable bonds is 5. The molecule has 1 aromatic heterocycles. The lowest BCUT2D eigenvalue weighted by atomic mass is 10.2. The van der Waals surface area contributed by atoms with Gasteiger partial charge in [0.15, 0.2) is 0 Å². The molecular weight excluding hydrogens is 324 g/mol. The highest BCUT2D eigenvalue weighted by atomic mass is 32.2. The number of hydrogen-bond donors (Lipinski definition) is 1. The zero-order valence-corrected chi connectivity index (χ0v) is 14.7. The largest absolute Gasteiger partial charge is 0.372 e. The lowest BCUT2D eigenvalue weighted by Crippen LogP contribution is -2.48. The summed E-state index contributed by atoms with van der Waals surface area (Å²) in [4.78, 5) is 16.0. The number of thiophene rings is 1. The number of sulfonamides is 1. The summed E-state index contributed by atoms with van der Waals surface area (Å²) in [6.45, 7) is 5.48. The summed E-state index contributed by atoms with van der Waals surface area (Å²) in [5.74, 6) is 0.0225. The fourth-order valence-corrected chi connectivity index (χ4v) is 3.93. The minimum atomic E-state index is -3.17. The van der Waals surface area contributed by atoms with Gasteiger partial charge in [0.1, 0.15) is 0 Å². The van der Waals surface area contributed by atoms with Gasteiger partial charge in [-0.3, -0.25) is 4.79 Å². The Labute approximate surface area is 135 Å². The maximum atomic E-state index is 12.5. The predicted octanol–water partition coefficient (Wildman–Crippen LogP) is 1.09. The van der Waals surface area contributed by atoms with E-state index in [1.165, 1.54) is 11.3 Å². The Hall–Kier alpha value is -0.960. The molecule has 0 aliphatic carbocycles. The molecule has 124 valence electrons. The molecule has 1 aromatic rings. The fraction of sp³-hybridized carbons (Fsp3) is 0.643. The van der Waals surface area contributed by atoms with Gasteiger partial charge < -0.3 is 9.64 Å². The van der Waals surface area contributed by atoms with Crippen molar-refractivity contribution in [2.24, 2.45) is 0 Å². The van der Waals surface area contributed by atoms with Crippen molar-refractivity contribution in [3.8, 4) is 0 Å². The van der Waals surface area contributed by atoms with Crippen LogP contribution < -0.4 is 4.72 Å². The van der Waals surface area contributed by atoms with E-state index in [0.717, 1.165) is 11.1 Å². The van der Waals surface area contributed by atoms with Crippen molar-refractivity contribution in [3.05, 3.63) is 21.9 Å². The van der Waals surface area contributed by atoms with Crippen molar-refractivity contribution in [2.45, 2.75) is 32.5 Å². The molecule has 6 nitrogen and oxygen atoms in total. The van der Waals surface area contributed by atoms with E-state index < -0.39 is 10.0 Å². The van der Waals surface area contributed by atoms with Gasteiger partial charge in [0.25, 0.3) is 5.91 Å². The van der Waals surface area contributed by atoms with Crippen LogP contribution in [0.1, 0.15) is 28.4 Å². The summed E-state index contributed by atoms with van der Waals surface area (Å²) in [5, 5.41) is 0. The van der Waals surface area contributed by atoms with Gasteiger partial charge in [-0.1, -0.05) is 0 Å². The highest BCUT2D eigenvalue weighted by Crippen LogP contribution is 2.21. The number of carbonyl (C=O) groups is 1. The number of ether oxygens (including phenoxy) is 1. The molecule has 0 bridgehead atoms. The van der Waals surface area contributed by atoms with Crippen LogP contribution in [0, 0.1) is 0 Å². The average Bonchev–Trinajstić information content (AvgIpc) is 2.84. The molecule has 1 amide bonds. The molecule has 1 fully saturated rings. The summed E-state index contributed by atoms with van der Waals surface area (Å²) < 4.78 is 30.1. The summed E-state index contributed by atoms with van der Waals surface area (Å²) in [5.41, 5.74) is 0. The van der Waals surface area contributed by atoms with Crippen molar-refractivity contribution in [2.75, 3.05) is 25.9 Å². The summed E-state index contributed by atoms with van der Waals surface area (Å²) >= 11 is 1.42. The molecule has 22 heavy (non-hydrogen) atoms. The normalized spacial score (nSPS) is 22.8. The Bertz CT molecular complexity index is 617. The van der Waals surface area contributed by atoms with Crippen LogP contribution in [0.25, 0.3) is 0 Å². The van der Waals surface area contributed by atoms with E-state index in [1.54, 1.807) is 0 Å².